The number of carbonyl (C=O) groups excluding carboxylic acids is 1. The molecule has 0 aliphatic rings. The van der Waals surface area contributed by atoms with Crippen LogP contribution < -0.4 is 5.32 Å². The van der Waals surface area contributed by atoms with Crippen LogP contribution in [0.5, 0.6) is 0 Å². The largest absolute Gasteiger partial charge is 0.478 e. The summed E-state index contributed by atoms with van der Waals surface area (Å²) in [5.41, 5.74) is 0.400. The predicted molar refractivity (Wildman–Crippen MR) is 80.5 cm³/mol. The number of halogens is 3. The lowest BCUT2D eigenvalue weighted by molar-refractivity contribution is 0.0695. The molecule has 0 fully saturated rings. The summed E-state index contributed by atoms with van der Waals surface area (Å²) in [5, 5.41) is 11.5. The number of carboxylic acids is 1. The van der Waals surface area contributed by atoms with E-state index in [1.165, 1.54) is 24.3 Å². The zero-order chi connectivity index (χ0) is 15.6. The zero-order valence-electron chi connectivity index (χ0n) is 10.4. The molecule has 108 valence electrons. The van der Waals surface area contributed by atoms with Crippen LogP contribution in [0.4, 0.5) is 10.1 Å². The molecule has 0 aliphatic heterocycles. The second-order valence-corrected chi connectivity index (χ2v) is 5.34. The fraction of sp³-hybridized carbons (Fsp3) is 0. The van der Waals surface area contributed by atoms with E-state index in [9.17, 15) is 14.0 Å². The Morgan fingerprint density at radius 3 is 2.48 bits per heavy atom. The number of nitrogens with one attached hydrogen (secondary N) is 1. The summed E-state index contributed by atoms with van der Waals surface area (Å²) < 4.78 is 13.3. The summed E-state index contributed by atoms with van der Waals surface area (Å²) >= 11 is 8.90. The Bertz CT molecular complexity index is 736. The van der Waals surface area contributed by atoms with Crippen molar-refractivity contribution in [3.05, 3.63) is 62.8 Å². The van der Waals surface area contributed by atoms with E-state index in [0.29, 0.717) is 10.2 Å². The lowest BCUT2D eigenvalue weighted by Gasteiger charge is -2.08. The van der Waals surface area contributed by atoms with Crippen LogP contribution in [0.25, 0.3) is 0 Å². The van der Waals surface area contributed by atoms with Gasteiger partial charge in [0.1, 0.15) is 5.82 Å². The van der Waals surface area contributed by atoms with E-state index >= 15 is 0 Å². The van der Waals surface area contributed by atoms with E-state index in [-0.39, 0.29) is 16.1 Å². The number of hydrogen-bond acceptors (Lipinski definition) is 2. The quantitative estimate of drug-likeness (QED) is 0.849. The van der Waals surface area contributed by atoms with E-state index in [0.717, 1.165) is 12.1 Å². The van der Waals surface area contributed by atoms with Crippen molar-refractivity contribution in [2.24, 2.45) is 0 Å². The van der Waals surface area contributed by atoms with Crippen molar-refractivity contribution in [3.8, 4) is 0 Å². The molecule has 0 aliphatic carbocycles. The minimum Gasteiger partial charge on any atom is -0.478 e. The molecule has 21 heavy (non-hydrogen) atoms. The van der Waals surface area contributed by atoms with Crippen molar-refractivity contribution in [2.45, 2.75) is 0 Å². The van der Waals surface area contributed by atoms with Gasteiger partial charge in [-0.25, -0.2) is 9.18 Å². The third-order valence-corrected chi connectivity index (χ3v) is 3.63. The molecule has 2 rings (SSSR count). The minimum atomic E-state index is -1.13. The van der Waals surface area contributed by atoms with Crippen molar-refractivity contribution >= 4 is 45.1 Å². The van der Waals surface area contributed by atoms with Gasteiger partial charge in [-0.05, 0) is 52.3 Å². The van der Waals surface area contributed by atoms with Crippen molar-refractivity contribution in [3.63, 3.8) is 0 Å². The SMILES string of the molecule is O=C(Nc1ccc(Br)c(C(=O)O)c1)c1ccc(F)cc1Cl. The Morgan fingerprint density at radius 1 is 1.14 bits per heavy atom. The highest BCUT2D eigenvalue weighted by Gasteiger charge is 2.14. The average Bonchev–Trinajstić information content (AvgIpc) is 2.40. The van der Waals surface area contributed by atoms with E-state index in [4.69, 9.17) is 16.7 Å². The highest BCUT2D eigenvalue weighted by atomic mass is 79.9. The Balaban J connectivity index is 2.27. The molecule has 0 saturated heterocycles. The van der Waals surface area contributed by atoms with Gasteiger partial charge in [0.05, 0.1) is 16.1 Å². The average molecular weight is 373 g/mol. The molecule has 0 heterocycles. The molecule has 0 unspecified atom stereocenters. The maximum absolute atomic E-state index is 12.9. The first-order valence-electron chi connectivity index (χ1n) is 5.67. The summed E-state index contributed by atoms with van der Waals surface area (Å²) in [5.74, 6) is -2.23. The van der Waals surface area contributed by atoms with E-state index in [2.05, 4.69) is 21.2 Å². The Hall–Kier alpha value is -1.92. The van der Waals surface area contributed by atoms with Crippen LogP contribution in [0.2, 0.25) is 5.02 Å². The Kier molecular flexibility index (Phi) is 4.59. The second-order valence-electron chi connectivity index (χ2n) is 4.08. The zero-order valence-corrected chi connectivity index (χ0v) is 12.7. The van der Waals surface area contributed by atoms with Crippen LogP contribution in [0.1, 0.15) is 20.7 Å². The van der Waals surface area contributed by atoms with Crippen LogP contribution in [-0.2, 0) is 0 Å². The molecular weight excluding hydrogens is 365 g/mol. The number of carbonyl (C=O) groups is 2. The fourth-order valence-corrected chi connectivity index (χ4v) is 2.31. The van der Waals surface area contributed by atoms with Gasteiger partial charge in [0.15, 0.2) is 0 Å². The monoisotopic (exact) mass is 371 g/mol. The maximum Gasteiger partial charge on any atom is 0.336 e. The molecule has 2 aromatic carbocycles. The van der Waals surface area contributed by atoms with Gasteiger partial charge in [0.2, 0.25) is 0 Å². The van der Waals surface area contributed by atoms with Crippen molar-refractivity contribution in [2.75, 3.05) is 5.32 Å². The van der Waals surface area contributed by atoms with E-state index in [1.807, 2.05) is 0 Å². The lowest BCUT2D eigenvalue weighted by Crippen LogP contribution is -2.13. The number of carboxylic acid groups (broad SMARTS) is 1. The van der Waals surface area contributed by atoms with E-state index < -0.39 is 17.7 Å². The molecule has 0 aromatic heterocycles. The Labute approximate surface area is 132 Å². The number of hydrogen-bond donors (Lipinski definition) is 2. The molecule has 0 radical (unpaired) electrons. The number of rotatable bonds is 3. The molecule has 2 N–H and O–H groups in total. The van der Waals surface area contributed by atoms with Gasteiger partial charge in [0.25, 0.3) is 5.91 Å². The van der Waals surface area contributed by atoms with Crippen LogP contribution in [0.3, 0.4) is 0 Å². The van der Waals surface area contributed by atoms with Gasteiger partial charge in [-0.1, -0.05) is 11.6 Å². The predicted octanol–water partition coefficient (Wildman–Crippen LogP) is 4.19. The summed E-state index contributed by atoms with van der Waals surface area (Å²) in [7, 11) is 0. The first-order valence-corrected chi connectivity index (χ1v) is 6.85. The summed E-state index contributed by atoms with van der Waals surface area (Å²) in [6, 6.07) is 7.74. The van der Waals surface area contributed by atoms with Gasteiger partial charge in [-0.2, -0.15) is 0 Å². The molecule has 7 heteroatoms. The third-order valence-electron chi connectivity index (χ3n) is 2.63. The first-order chi connectivity index (χ1) is 9.88. The molecule has 4 nitrogen and oxygen atoms in total. The van der Waals surface area contributed by atoms with Crippen LogP contribution in [0, 0.1) is 5.82 Å². The van der Waals surface area contributed by atoms with Gasteiger partial charge in [0, 0.05) is 10.2 Å². The Morgan fingerprint density at radius 2 is 1.86 bits per heavy atom. The number of aromatic carboxylic acids is 1. The summed E-state index contributed by atoms with van der Waals surface area (Å²) in [4.78, 5) is 23.1. The van der Waals surface area contributed by atoms with Gasteiger partial charge >= 0.3 is 5.97 Å². The number of benzene rings is 2. The minimum absolute atomic E-state index is 0.0120. The van der Waals surface area contributed by atoms with Gasteiger partial charge in [-0.3, -0.25) is 4.79 Å². The van der Waals surface area contributed by atoms with E-state index in [1.54, 1.807) is 0 Å². The molecule has 0 spiro atoms. The van der Waals surface area contributed by atoms with Crippen LogP contribution in [-0.4, -0.2) is 17.0 Å². The van der Waals surface area contributed by atoms with Gasteiger partial charge < -0.3 is 10.4 Å². The van der Waals surface area contributed by atoms with Crippen LogP contribution >= 0.6 is 27.5 Å². The number of amides is 1. The summed E-state index contributed by atoms with van der Waals surface area (Å²) in [6.07, 6.45) is 0. The maximum atomic E-state index is 12.9. The van der Waals surface area contributed by atoms with Crippen molar-refractivity contribution < 1.29 is 19.1 Å². The normalized spacial score (nSPS) is 10.2. The lowest BCUT2D eigenvalue weighted by atomic mass is 10.1. The fourth-order valence-electron chi connectivity index (χ4n) is 1.64. The molecule has 0 bridgehead atoms. The first kappa shape index (κ1) is 15.5. The molecule has 2 aromatic rings. The highest BCUT2D eigenvalue weighted by molar-refractivity contribution is 9.10. The molecule has 0 atom stereocenters. The molecule has 0 saturated carbocycles. The molecular formula is C14H8BrClFNO3. The molecule has 1 amide bonds. The smallest absolute Gasteiger partial charge is 0.336 e. The topological polar surface area (TPSA) is 66.4 Å². The summed E-state index contributed by atoms with van der Waals surface area (Å²) in [6.45, 7) is 0. The highest BCUT2D eigenvalue weighted by Crippen LogP contribution is 2.23. The van der Waals surface area contributed by atoms with Crippen molar-refractivity contribution in [1.29, 1.82) is 0 Å². The van der Waals surface area contributed by atoms with Crippen molar-refractivity contribution in [1.82, 2.24) is 0 Å². The standard InChI is InChI=1S/C14H8BrClFNO3/c15-11-4-2-8(6-10(11)14(20)21)18-13(19)9-3-1-7(17)5-12(9)16/h1-6H,(H,18,19)(H,20,21). The second kappa shape index (κ2) is 6.24. The van der Waals surface area contributed by atoms with Gasteiger partial charge in [-0.15, -0.1) is 0 Å². The third kappa shape index (κ3) is 3.59. The number of anilines is 1. The van der Waals surface area contributed by atoms with Crippen LogP contribution in [0.15, 0.2) is 40.9 Å².